The number of pyridine rings is 1. The van der Waals surface area contributed by atoms with Crippen molar-refractivity contribution in [3.05, 3.63) is 30.1 Å². The number of Topliss-reactive ketones (excluding diaryl/α,β-unsaturated/α-hetero) is 1. The van der Waals surface area contributed by atoms with Gasteiger partial charge in [0.2, 0.25) is 0 Å². The fraction of sp³-hybridized carbons (Fsp3) is 0.500. The van der Waals surface area contributed by atoms with Gasteiger partial charge in [0.05, 0.1) is 12.7 Å². The van der Waals surface area contributed by atoms with Crippen LogP contribution in [0.25, 0.3) is 0 Å². The third-order valence-corrected chi connectivity index (χ3v) is 3.10. The Bertz CT molecular complexity index is 366. The maximum absolute atomic E-state index is 11.1. The molecule has 0 bridgehead atoms. The van der Waals surface area contributed by atoms with Crippen molar-refractivity contribution in [3.8, 4) is 0 Å². The summed E-state index contributed by atoms with van der Waals surface area (Å²) in [5.41, 5.74) is 7.32. The average molecular weight is 219 g/mol. The van der Waals surface area contributed by atoms with Crippen molar-refractivity contribution in [1.29, 1.82) is 0 Å². The number of ketones is 1. The predicted molar refractivity (Wildman–Crippen MR) is 61.8 cm³/mol. The molecule has 4 nitrogen and oxygen atoms in total. The quantitative estimate of drug-likeness (QED) is 0.814. The Morgan fingerprint density at radius 3 is 3.12 bits per heavy atom. The zero-order chi connectivity index (χ0) is 11.5. The topological polar surface area (TPSA) is 59.2 Å². The number of rotatable bonds is 3. The summed E-state index contributed by atoms with van der Waals surface area (Å²) in [6.45, 7) is 2.95. The van der Waals surface area contributed by atoms with E-state index >= 15 is 0 Å². The largest absolute Gasteiger partial charge is 0.315 e. The molecule has 1 aliphatic heterocycles. The molecule has 0 aliphatic carbocycles. The van der Waals surface area contributed by atoms with E-state index in [-0.39, 0.29) is 11.9 Å². The molecule has 0 spiro atoms. The number of aromatic nitrogens is 1. The summed E-state index contributed by atoms with van der Waals surface area (Å²) >= 11 is 0. The Kier molecular flexibility index (Phi) is 3.31. The van der Waals surface area contributed by atoms with E-state index in [2.05, 4.69) is 11.1 Å². The van der Waals surface area contributed by atoms with E-state index in [0.29, 0.717) is 12.5 Å². The van der Waals surface area contributed by atoms with E-state index in [1.54, 1.807) is 13.1 Å². The van der Waals surface area contributed by atoms with Crippen LogP contribution in [0.4, 0.5) is 0 Å². The number of likely N-dealkylation sites (tertiary alicyclic amines) is 1. The molecule has 2 unspecified atom stereocenters. The molecule has 2 rings (SSSR count). The third-order valence-electron chi connectivity index (χ3n) is 3.10. The number of hydrogen-bond donors (Lipinski definition) is 1. The van der Waals surface area contributed by atoms with E-state index in [1.807, 2.05) is 17.2 Å². The van der Waals surface area contributed by atoms with Crippen molar-refractivity contribution in [2.24, 2.45) is 5.73 Å². The molecule has 1 aromatic heterocycles. The lowest BCUT2D eigenvalue weighted by Gasteiger charge is -2.23. The molecule has 0 radical (unpaired) electrons. The summed E-state index contributed by atoms with van der Waals surface area (Å²) < 4.78 is 0. The Morgan fingerprint density at radius 2 is 2.50 bits per heavy atom. The molecule has 2 heterocycles. The standard InChI is InChI=1S/C12H17N3O/c1-9(16)8-15-6-4-11(12(15)13)10-3-2-5-14-7-10/h2-3,5,7,11-12H,4,6,8,13H2,1H3. The van der Waals surface area contributed by atoms with Crippen molar-refractivity contribution in [2.45, 2.75) is 25.4 Å². The van der Waals surface area contributed by atoms with Gasteiger partial charge >= 0.3 is 0 Å². The van der Waals surface area contributed by atoms with Crippen molar-refractivity contribution in [1.82, 2.24) is 9.88 Å². The Hall–Kier alpha value is -1.26. The summed E-state index contributed by atoms with van der Waals surface area (Å²) in [6.07, 6.45) is 4.56. The first-order valence-electron chi connectivity index (χ1n) is 5.57. The Morgan fingerprint density at radius 1 is 1.69 bits per heavy atom. The highest BCUT2D eigenvalue weighted by Gasteiger charge is 2.32. The molecule has 2 atom stereocenters. The zero-order valence-corrected chi connectivity index (χ0v) is 9.47. The number of carbonyl (C=O) groups excluding carboxylic acids is 1. The minimum absolute atomic E-state index is 0.0619. The highest BCUT2D eigenvalue weighted by Crippen LogP contribution is 2.29. The number of nitrogens with zero attached hydrogens (tertiary/aromatic N) is 2. The van der Waals surface area contributed by atoms with Crippen molar-refractivity contribution < 1.29 is 4.79 Å². The number of hydrogen-bond acceptors (Lipinski definition) is 4. The summed E-state index contributed by atoms with van der Waals surface area (Å²) in [7, 11) is 0. The summed E-state index contributed by atoms with van der Waals surface area (Å²) in [6, 6.07) is 3.98. The zero-order valence-electron chi connectivity index (χ0n) is 9.47. The second kappa shape index (κ2) is 4.72. The van der Waals surface area contributed by atoms with Gasteiger partial charge < -0.3 is 5.73 Å². The van der Waals surface area contributed by atoms with Crippen LogP contribution >= 0.6 is 0 Å². The molecule has 1 aromatic rings. The van der Waals surface area contributed by atoms with E-state index in [1.165, 1.54) is 5.56 Å². The molecule has 16 heavy (non-hydrogen) atoms. The van der Waals surface area contributed by atoms with E-state index in [0.717, 1.165) is 13.0 Å². The molecule has 86 valence electrons. The average Bonchev–Trinajstić information content (AvgIpc) is 2.61. The smallest absolute Gasteiger partial charge is 0.143 e. The number of carbonyl (C=O) groups is 1. The molecule has 1 saturated heterocycles. The van der Waals surface area contributed by atoms with Crippen molar-refractivity contribution in [3.63, 3.8) is 0 Å². The first-order chi connectivity index (χ1) is 7.68. The Balaban J connectivity index is 2.07. The monoisotopic (exact) mass is 219 g/mol. The molecule has 2 N–H and O–H groups in total. The van der Waals surface area contributed by atoms with Crippen molar-refractivity contribution in [2.75, 3.05) is 13.1 Å². The molecule has 4 heteroatoms. The molecule has 0 saturated carbocycles. The lowest BCUT2D eigenvalue weighted by molar-refractivity contribution is -0.118. The fourth-order valence-electron chi connectivity index (χ4n) is 2.31. The molecule has 0 amide bonds. The van der Waals surface area contributed by atoms with Crippen LogP contribution in [0.5, 0.6) is 0 Å². The van der Waals surface area contributed by atoms with Crippen LogP contribution in [0.3, 0.4) is 0 Å². The molecule has 1 fully saturated rings. The van der Waals surface area contributed by atoms with E-state index in [9.17, 15) is 4.79 Å². The van der Waals surface area contributed by atoms with Gasteiger partial charge in [0.15, 0.2) is 0 Å². The van der Waals surface area contributed by atoms with Gasteiger partial charge in [-0.3, -0.25) is 14.7 Å². The van der Waals surface area contributed by atoms with Gasteiger partial charge in [-0.15, -0.1) is 0 Å². The summed E-state index contributed by atoms with van der Waals surface area (Å²) in [5.74, 6) is 0.468. The van der Waals surface area contributed by atoms with Crippen LogP contribution in [-0.4, -0.2) is 34.9 Å². The van der Waals surface area contributed by atoms with Gasteiger partial charge in [0.1, 0.15) is 5.78 Å². The van der Waals surface area contributed by atoms with Crippen LogP contribution in [0.15, 0.2) is 24.5 Å². The van der Waals surface area contributed by atoms with Gasteiger partial charge in [-0.1, -0.05) is 6.07 Å². The third kappa shape index (κ3) is 2.28. The lowest BCUT2D eigenvalue weighted by Crippen LogP contribution is -2.41. The maximum Gasteiger partial charge on any atom is 0.143 e. The molecule has 1 aliphatic rings. The summed E-state index contributed by atoms with van der Waals surface area (Å²) in [4.78, 5) is 17.2. The second-order valence-electron chi connectivity index (χ2n) is 4.34. The van der Waals surface area contributed by atoms with E-state index in [4.69, 9.17) is 5.73 Å². The van der Waals surface area contributed by atoms with Gasteiger partial charge in [-0.05, 0) is 25.0 Å². The summed E-state index contributed by atoms with van der Waals surface area (Å²) in [5, 5.41) is 0. The van der Waals surface area contributed by atoms with Crippen LogP contribution < -0.4 is 5.73 Å². The maximum atomic E-state index is 11.1. The minimum atomic E-state index is -0.0619. The second-order valence-corrected chi connectivity index (χ2v) is 4.34. The normalized spacial score (nSPS) is 25.9. The van der Waals surface area contributed by atoms with E-state index < -0.39 is 0 Å². The van der Waals surface area contributed by atoms with Gasteiger partial charge in [-0.2, -0.15) is 0 Å². The fourth-order valence-corrected chi connectivity index (χ4v) is 2.31. The SMILES string of the molecule is CC(=O)CN1CCC(c2cccnc2)C1N. The molecule has 0 aromatic carbocycles. The molecular formula is C12H17N3O. The number of nitrogens with two attached hydrogens (primary N) is 1. The lowest BCUT2D eigenvalue weighted by atomic mass is 9.98. The Labute approximate surface area is 95.5 Å². The van der Waals surface area contributed by atoms with Crippen LogP contribution in [0.2, 0.25) is 0 Å². The van der Waals surface area contributed by atoms with Crippen LogP contribution in [0, 0.1) is 0 Å². The highest BCUT2D eigenvalue weighted by atomic mass is 16.1. The van der Waals surface area contributed by atoms with Gasteiger partial charge in [0, 0.05) is 24.9 Å². The van der Waals surface area contributed by atoms with Gasteiger partial charge in [0.25, 0.3) is 0 Å². The predicted octanol–water partition coefficient (Wildman–Crippen LogP) is 0.745. The van der Waals surface area contributed by atoms with Gasteiger partial charge in [-0.25, -0.2) is 0 Å². The first kappa shape index (κ1) is 11.2. The highest BCUT2D eigenvalue weighted by molar-refractivity contribution is 5.77. The molecular weight excluding hydrogens is 202 g/mol. The van der Waals surface area contributed by atoms with Crippen molar-refractivity contribution >= 4 is 5.78 Å². The van der Waals surface area contributed by atoms with Crippen LogP contribution in [-0.2, 0) is 4.79 Å². The minimum Gasteiger partial charge on any atom is -0.315 e. The van der Waals surface area contributed by atoms with Crippen LogP contribution in [0.1, 0.15) is 24.8 Å². The first-order valence-corrected chi connectivity index (χ1v) is 5.57.